The standard InChI is InChI=1S/C21H31F2NO/c1-3-4-16-5-8-18(9-6-16)24-13-11-21(23,12-14-24)19-15-17(22)7-10-20(19)25-2/h7,10,15-16,18H,3-6,8-9,11-14H2,1-2H3. The number of methoxy groups -OCH3 is 1. The van der Waals surface area contributed by atoms with Crippen molar-refractivity contribution < 1.29 is 13.5 Å². The lowest BCUT2D eigenvalue weighted by Crippen LogP contribution is -2.46. The van der Waals surface area contributed by atoms with Gasteiger partial charge in [-0.15, -0.1) is 0 Å². The van der Waals surface area contributed by atoms with Crippen molar-refractivity contribution >= 4 is 0 Å². The molecule has 1 heterocycles. The van der Waals surface area contributed by atoms with E-state index in [9.17, 15) is 4.39 Å². The van der Waals surface area contributed by atoms with Gasteiger partial charge in [0.2, 0.25) is 0 Å². The molecule has 1 saturated carbocycles. The third-order valence-corrected chi connectivity index (χ3v) is 6.26. The smallest absolute Gasteiger partial charge is 0.142 e. The fraction of sp³-hybridized carbons (Fsp3) is 0.714. The normalized spacial score (nSPS) is 27.2. The molecule has 1 aliphatic carbocycles. The van der Waals surface area contributed by atoms with Crippen molar-refractivity contribution in [3.05, 3.63) is 29.6 Å². The average Bonchev–Trinajstić information content (AvgIpc) is 2.63. The average molecular weight is 351 g/mol. The van der Waals surface area contributed by atoms with Gasteiger partial charge in [-0.2, -0.15) is 0 Å². The van der Waals surface area contributed by atoms with E-state index in [0.717, 1.165) is 19.0 Å². The summed E-state index contributed by atoms with van der Waals surface area (Å²) in [6, 6.07) is 4.78. The van der Waals surface area contributed by atoms with Crippen LogP contribution in [0.2, 0.25) is 0 Å². The predicted octanol–water partition coefficient (Wildman–Crippen LogP) is 5.45. The molecule has 3 rings (SSSR count). The number of benzene rings is 1. The molecule has 2 aliphatic rings. The molecule has 1 aliphatic heterocycles. The van der Waals surface area contributed by atoms with Crippen molar-refractivity contribution in [2.45, 2.75) is 70.0 Å². The Morgan fingerprint density at radius 1 is 1.16 bits per heavy atom. The maximum absolute atomic E-state index is 15.6. The van der Waals surface area contributed by atoms with Crippen LogP contribution in [0.3, 0.4) is 0 Å². The maximum atomic E-state index is 15.6. The molecule has 25 heavy (non-hydrogen) atoms. The van der Waals surface area contributed by atoms with E-state index in [1.54, 1.807) is 0 Å². The molecule has 1 saturated heterocycles. The predicted molar refractivity (Wildman–Crippen MR) is 97.2 cm³/mol. The van der Waals surface area contributed by atoms with Gasteiger partial charge < -0.3 is 9.64 Å². The molecule has 4 heteroatoms. The highest BCUT2D eigenvalue weighted by Crippen LogP contribution is 2.43. The lowest BCUT2D eigenvalue weighted by atomic mass is 9.80. The Kier molecular flexibility index (Phi) is 5.98. The van der Waals surface area contributed by atoms with Crippen molar-refractivity contribution in [1.82, 2.24) is 4.90 Å². The van der Waals surface area contributed by atoms with Gasteiger partial charge in [-0.3, -0.25) is 0 Å². The molecule has 2 nitrogen and oxygen atoms in total. The molecule has 0 amide bonds. The van der Waals surface area contributed by atoms with Crippen molar-refractivity contribution in [1.29, 1.82) is 0 Å². The summed E-state index contributed by atoms with van der Waals surface area (Å²) in [7, 11) is 1.52. The van der Waals surface area contributed by atoms with Crippen molar-refractivity contribution in [3.63, 3.8) is 0 Å². The molecule has 0 aromatic heterocycles. The third-order valence-electron chi connectivity index (χ3n) is 6.26. The first-order valence-electron chi connectivity index (χ1n) is 9.82. The highest BCUT2D eigenvalue weighted by Gasteiger charge is 2.40. The second-order valence-electron chi connectivity index (χ2n) is 7.81. The summed E-state index contributed by atoms with van der Waals surface area (Å²) in [5.41, 5.74) is -1.11. The van der Waals surface area contributed by atoms with Crippen molar-refractivity contribution in [2.24, 2.45) is 5.92 Å². The fourth-order valence-electron chi connectivity index (χ4n) is 4.75. The summed E-state index contributed by atoms with van der Waals surface area (Å²) < 4.78 is 34.5. The topological polar surface area (TPSA) is 12.5 Å². The van der Waals surface area contributed by atoms with E-state index in [4.69, 9.17) is 4.74 Å². The van der Waals surface area contributed by atoms with Crippen LogP contribution in [-0.2, 0) is 5.67 Å². The monoisotopic (exact) mass is 351 g/mol. The fourth-order valence-corrected chi connectivity index (χ4v) is 4.75. The molecule has 1 aromatic rings. The molecule has 0 radical (unpaired) electrons. The van der Waals surface area contributed by atoms with E-state index in [1.165, 1.54) is 63.8 Å². The highest BCUT2D eigenvalue weighted by atomic mass is 19.1. The quantitative estimate of drug-likeness (QED) is 0.699. The zero-order valence-electron chi connectivity index (χ0n) is 15.6. The molecule has 1 aromatic carbocycles. The van der Waals surface area contributed by atoms with E-state index in [2.05, 4.69) is 11.8 Å². The van der Waals surface area contributed by atoms with Crippen LogP contribution in [-0.4, -0.2) is 31.1 Å². The Morgan fingerprint density at radius 2 is 1.84 bits per heavy atom. The van der Waals surface area contributed by atoms with Crippen molar-refractivity contribution in [3.8, 4) is 5.75 Å². The summed E-state index contributed by atoms with van der Waals surface area (Å²) in [6.07, 6.45) is 8.57. The SMILES string of the molecule is CCCC1CCC(N2CCC(F)(c3cc(F)ccc3OC)CC2)CC1. The van der Waals surface area contributed by atoms with Gasteiger partial charge in [0.25, 0.3) is 0 Å². The van der Waals surface area contributed by atoms with Gasteiger partial charge in [-0.1, -0.05) is 19.8 Å². The van der Waals surface area contributed by atoms with Crippen LogP contribution in [0.15, 0.2) is 18.2 Å². The van der Waals surface area contributed by atoms with Crippen LogP contribution in [0.4, 0.5) is 8.78 Å². The molecule has 2 fully saturated rings. The zero-order valence-corrected chi connectivity index (χ0v) is 15.6. The Hall–Kier alpha value is -1.16. The number of alkyl halides is 1. The van der Waals surface area contributed by atoms with Gasteiger partial charge in [0.15, 0.2) is 0 Å². The number of rotatable bonds is 5. The molecule has 0 spiro atoms. The number of nitrogens with zero attached hydrogens (tertiary/aromatic N) is 1. The minimum atomic E-state index is -1.48. The van der Waals surface area contributed by atoms with Crippen LogP contribution in [0, 0.1) is 11.7 Å². The second-order valence-corrected chi connectivity index (χ2v) is 7.81. The lowest BCUT2D eigenvalue weighted by molar-refractivity contribution is 0.0210. The van der Waals surface area contributed by atoms with E-state index in [-0.39, 0.29) is 0 Å². The molecular formula is C21H31F2NO. The van der Waals surface area contributed by atoms with E-state index >= 15 is 4.39 Å². The number of likely N-dealkylation sites (tertiary alicyclic amines) is 1. The van der Waals surface area contributed by atoms with Crippen LogP contribution in [0.5, 0.6) is 5.75 Å². The Balaban J connectivity index is 1.61. The summed E-state index contributed by atoms with van der Waals surface area (Å²) in [5.74, 6) is 0.949. The zero-order chi connectivity index (χ0) is 17.9. The molecule has 0 unspecified atom stereocenters. The molecular weight excluding hydrogens is 320 g/mol. The minimum Gasteiger partial charge on any atom is -0.496 e. The molecule has 0 bridgehead atoms. The lowest BCUT2D eigenvalue weighted by Gasteiger charge is -2.43. The summed E-state index contributed by atoms with van der Waals surface area (Å²) in [4.78, 5) is 2.46. The first kappa shape index (κ1) is 18.6. The van der Waals surface area contributed by atoms with Gasteiger partial charge in [0, 0.05) is 24.7 Å². The molecule has 140 valence electrons. The summed E-state index contributed by atoms with van der Waals surface area (Å²) >= 11 is 0. The minimum absolute atomic E-state index is 0.376. The largest absolute Gasteiger partial charge is 0.496 e. The summed E-state index contributed by atoms with van der Waals surface area (Å²) in [6.45, 7) is 3.76. The number of halogens is 2. The Bertz CT molecular complexity index is 561. The number of hydrogen-bond donors (Lipinski definition) is 0. The van der Waals surface area contributed by atoms with Gasteiger partial charge in [0.05, 0.1) is 7.11 Å². The van der Waals surface area contributed by atoms with Gasteiger partial charge in [-0.25, -0.2) is 8.78 Å². The maximum Gasteiger partial charge on any atom is 0.142 e. The first-order valence-corrected chi connectivity index (χ1v) is 9.82. The van der Waals surface area contributed by atoms with Gasteiger partial charge >= 0.3 is 0 Å². The van der Waals surface area contributed by atoms with Crippen LogP contribution in [0.1, 0.15) is 63.9 Å². The van der Waals surface area contributed by atoms with E-state index in [0.29, 0.717) is 30.2 Å². The van der Waals surface area contributed by atoms with Crippen molar-refractivity contribution in [2.75, 3.05) is 20.2 Å². The number of ether oxygens (including phenoxy) is 1. The number of hydrogen-bond acceptors (Lipinski definition) is 2. The van der Waals surface area contributed by atoms with Crippen LogP contribution < -0.4 is 4.74 Å². The first-order chi connectivity index (χ1) is 12.1. The van der Waals surface area contributed by atoms with Crippen LogP contribution >= 0.6 is 0 Å². The Morgan fingerprint density at radius 3 is 2.44 bits per heavy atom. The molecule has 0 N–H and O–H groups in total. The van der Waals surface area contributed by atoms with Gasteiger partial charge in [0.1, 0.15) is 17.2 Å². The third kappa shape index (κ3) is 4.16. The van der Waals surface area contributed by atoms with E-state index < -0.39 is 11.5 Å². The summed E-state index contributed by atoms with van der Waals surface area (Å²) in [5, 5.41) is 0. The van der Waals surface area contributed by atoms with E-state index in [1.807, 2.05) is 0 Å². The highest BCUT2D eigenvalue weighted by molar-refractivity contribution is 5.39. The number of piperidine rings is 1. The molecule has 0 atom stereocenters. The van der Waals surface area contributed by atoms with Crippen LogP contribution in [0.25, 0.3) is 0 Å². The second kappa shape index (κ2) is 8.03. The Labute approximate surface area is 150 Å². The van der Waals surface area contributed by atoms with Gasteiger partial charge in [-0.05, 0) is 62.6 Å².